The number of phenols is 1. The van der Waals surface area contributed by atoms with Gasteiger partial charge in [0.15, 0.2) is 11.5 Å². The number of H-pyrrole nitrogens is 1. The Morgan fingerprint density at radius 3 is 2.60 bits per heavy atom. The molecule has 178 valence electrons. The number of methoxy groups -OCH3 is 1. The van der Waals surface area contributed by atoms with Gasteiger partial charge in [-0.05, 0) is 60.5 Å². The number of aromatic amines is 1. The number of nitrogens with one attached hydrogen (secondary N) is 1. The van der Waals surface area contributed by atoms with Crippen LogP contribution in [0.2, 0.25) is 5.02 Å². The predicted molar refractivity (Wildman–Crippen MR) is 133 cm³/mol. The topological polar surface area (TPSA) is 87.7 Å². The van der Waals surface area contributed by atoms with Crippen LogP contribution in [0.15, 0.2) is 66.7 Å². The number of phenolic OH excluding ortho intramolecular Hbond substituents is 1. The predicted octanol–water partition coefficient (Wildman–Crippen LogP) is 5.59. The van der Waals surface area contributed by atoms with Gasteiger partial charge in [-0.15, -0.1) is 0 Å². The third-order valence-electron chi connectivity index (χ3n) is 6.13. The summed E-state index contributed by atoms with van der Waals surface area (Å²) in [6, 6.07) is 19.7. The summed E-state index contributed by atoms with van der Waals surface area (Å²) in [6.45, 7) is 2.56. The first-order valence-corrected chi connectivity index (χ1v) is 11.6. The zero-order valence-electron chi connectivity index (χ0n) is 19.3. The van der Waals surface area contributed by atoms with Gasteiger partial charge in [0.2, 0.25) is 0 Å². The minimum atomic E-state index is -0.468. The molecule has 7 nitrogen and oxygen atoms in total. The molecule has 5 rings (SSSR count). The summed E-state index contributed by atoms with van der Waals surface area (Å²) in [5.74, 6) is 0.954. The Hall–Kier alpha value is -3.97. The number of carbonyl (C=O) groups excluding carboxylic acids is 1. The van der Waals surface area contributed by atoms with Crippen LogP contribution in [-0.2, 0) is 6.54 Å². The highest BCUT2D eigenvalue weighted by atomic mass is 35.5. The Balaban J connectivity index is 1.65. The Bertz CT molecular complexity index is 1380. The lowest BCUT2D eigenvalue weighted by Gasteiger charge is -2.27. The maximum atomic E-state index is 13.6. The maximum absolute atomic E-state index is 13.6. The van der Waals surface area contributed by atoms with Crippen LogP contribution in [0.4, 0.5) is 0 Å². The number of fused-ring (bicyclic) bond motifs is 1. The van der Waals surface area contributed by atoms with Crippen molar-refractivity contribution in [1.29, 1.82) is 0 Å². The number of amides is 1. The van der Waals surface area contributed by atoms with Gasteiger partial charge in [0.05, 0.1) is 25.5 Å². The molecular weight excluding hydrogens is 466 g/mol. The molecule has 35 heavy (non-hydrogen) atoms. The number of hydrogen-bond donors (Lipinski definition) is 2. The molecule has 0 spiro atoms. The van der Waals surface area contributed by atoms with Crippen molar-refractivity contribution >= 4 is 17.5 Å². The van der Waals surface area contributed by atoms with Crippen LogP contribution in [0.5, 0.6) is 17.2 Å². The summed E-state index contributed by atoms with van der Waals surface area (Å²) in [7, 11) is 1.61. The zero-order chi connectivity index (χ0) is 24.5. The van der Waals surface area contributed by atoms with E-state index in [1.165, 1.54) is 0 Å². The van der Waals surface area contributed by atoms with E-state index in [4.69, 9.17) is 21.1 Å². The highest BCUT2D eigenvalue weighted by Crippen LogP contribution is 2.45. The summed E-state index contributed by atoms with van der Waals surface area (Å²) in [5.41, 5.74) is 4.35. The van der Waals surface area contributed by atoms with E-state index in [0.717, 1.165) is 28.0 Å². The molecule has 1 unspecified atom stereocenters. The molecule has 1 atom stereocenters. The largest absolute Gasteiger partial charge is 0.504 e. The van der Waals surface area contributed by atoms with Gasteiger partial charge in [-0.1, -0.05) is 35.9 Å². The SMILES string of the molecule is CCOc1cc(C2c3c(-c4ccc(OC)cc4)n[nH]c3C(=O)N2Cc2ccccc2Cl)ccc1O. The molecule has 1 aliphatic rings. The minimum Gasteiger partial charge on any atom is -0.504 e. The fourth-order valence-electron chi connectivity index (χ4n) is 4.46. The Morgan fingerprint density at radius 1 is 1.11 bits per heavy atom. The third kappa shape index (κ3) is 4.08. The molecule has 3 aromatic carbocycles. The summed E-state index contributed by atoms with van der Waals surface area (Å²) >= 11 is 6.45. The van der Waals surface area contributed by atoms with Crippen molar-refractivity contribution in [2.45, 2.75) is 19.5 Å². The molecule has 0 saturated heterocycles. The summed E-state index contributed by atoms with van der Waals surface area (Å²) in [6.07, 6.45) is 0. The number of carbonyl (C=O) groups is 1. The fraction of sp³-hybridized carbons (Fsp3) is 0.185. The van der Waals surface area contributed by atoms with E-state index < -0.39 is 6.04 Å². The van der Waals surface area contributed by atoms with Crippen molar-refractivity contribution < 1.29 is 19.4 Å². The van der Waals surface area contributed by atoms with Gasteiger partial charge >= 0.3 is 0 Å². The number of aromatic nitrogens is 2. The Morgan fingerprint density at radius 2 is 1.89 bits per heavy atom. The van der Waals surface area contributed by atoms with E-state index in [0.29, 0.717) is 35.3 Å². The zero-order valence-corrected chi connectivity index (χ0v) is 20.0. The minimum absolute atomic E-state index is 0.0420. The monoisotopic (exact) mass is 489 g/mol. The standard InChI is InChI=1S/C27H24ClN3O4/c1-3-35-22-14-17(10-13-21(22)32)26-23-24(16-8-11-19(34-2)12-9-16)29-30-25(23)27(33)31(26)15-18-6-4-5-7-20(18)28/h4-14,26,32H,3,15H2,1-2H3,(H,29,30). The molecule has 0 radical (unpaired) electrons. The average molecular weight is 490 g/mol. The lowest BCUT2D eigenvalue weighted by atomic mass is 9.95. The fourth-order valence-corrected chi connectivity index (χ4v) is 4.65. The highest BCUT2D eigenvalue weighted by molar-refractivity contribution is 6.31. The molecule has 4 aromatic rings. The van der Waals surface area contributed by atoms with Gasteiger partial charge in [0.25, 0.3) is 5.91 Å². The van der Waals surface area contributed by atoms with E-state index in [-0.39, 0.29) is 11.7 Å². The second-order valence-corrected chi connectivity index (χ2v) is 8.58. The van der Waals surface area contributed by atoms with Crippen LogP contribution < -0.4 is 9.47 Å². The van der Waals surface area contributed by atoms with Crippen LogP contribution in [0.3, 0.4) is 0 Å². The van der Waals surface area contributed by atoms with E-state index >= 15 is 0 Å². The normalized spacial score (nSPS) is 14.8. The summed E-state index contributed by atoms with van der Waals surface area (Å²) < 4.78 is 10.9. The molecule has 1 aromatic heterocycles. The maximum Gasteiger partial charge on any atom is 0.273 e. The molecule has 0 saturated carbocycles. The number of rotatable bonds is 7. The van der Waals surface area contributed by atoms with Gasteiger partial charge in [-0.3, -0.25) is 9.89 Å². The third-order valence-corrected chi connectivity index (χ3v) is 6.49. The molecule has 0 fully saturated rings. The van der Waals surface area contributed by atoms with E-state index in [1.807, 2.05) is 55.5 Å². The van der Waals surface area contributed by atoms with Crippen molar-refractivity contribution in [2.75, 3.05) is 13.7 Å². The lowest BCUT2D eigenvalue weighted by Crippen LogP contribution is -2.29. The van der Waals surface area contributed by atoms with Gasteiger partial charge in [0, 0.05) is 22.7 Å². The number of halogens is 1. The van der Waals surface area contributed by atoms with Gasteiger partial charge in [0.1, 0.15) is 11.4 Å². The van der Waals surface area contributed by atoms with Crippen LogP contribution in [0.25, 0.3) is 11.3 Å². The molecule has 2 heterocycles. The summed E-state index contributed by atoms with van der Waals surface area (Å²) in [5, 5.41) is 18.3. The molecule has 8 heteroatoms. The van der Waals surface area contributed by atoms with E-state index in [1.54, 1.807) is 30.2 Å². The van der Waals surface area contributed by atoms with Crippen molar-refractivity contribution in [2.24, 2.45) is 0 Å². The first kappa shape index (κ1) is 22.8. The van der Waals surface area contributed by atoms with Crippen molar-refractivity contribution in [3.8, 4) is 28.5 Å². The molecule has 1 amide bonds. The quantitative estimate of drug-likeness (QED) is 0.353. The number of hydrogen-bond acceptors (Lipinski definition) is 5. The molecular formula is C27H24ClN3O4. The number of ether oxygens (including phenoxy) is 2. The second-order valence-electron chi connectivity index (χ2n) is 8.18. The van der Waals surface area contributed by atoms with E-state index in [9.17, 15) is 9.90 Å². The van der Waals surface area contributed by atoms with Crippen LogP contribution >= 0.6 is 11.6 Å². The van der Waals surface area contributed by atoms with Crippen molar-refractivity contribution in [1.82, 2.24) is 15.1 Å². The second kappa shape index (κ2) is 9.35. The lowest BCUT2D eigenvalue weighted by molar-refractivity contribution is 0.0730. The molecule has 2 N–H and O–H groups in total. The van der Waals surface area contributed by atoms with Crippen LogP contribution in [0.1, 0.15) is 40.1 Å². The van der Waals surface area contributed by atoms with Gasteiger partial charge < -0.3 is 19.5 Å². The number of aromatic hydroxyl groups is 1. The van der Waals surface area contributed by atoms with Crippen LogP contribution in [0, 0.1) is 0 Å². The summed E-state index contributed by atoms with van der Waals surface area (Å²) in [4.78, 5) is 15.4. The molecule has 0 aliphatic carbocycles. The Kier molecular flexibility index (Phi) is 6.09. The van der Waals surface area contributed by atoms with Crippen molar-refractivity contribution in [3.05, 3.63) is 94.1 Å². The first-order chi connectivity index (χ1) is 17.0. The van der Waals surface area contributed by atoms with Crippen LogP contribution in [-0.4, -0.2) is 39.8 Å². The van der Waals surface area contributed by atoms with Crippen molar-refractivity contribution in [3.63, 3.8) is 0 Å². The first-order valence-electron chi connectivity index (χ1n) is 11.2. The van der Waals surface area contributed by atoms with Gasteiger partial charge in [-0.25, -0.2) is 0 Å². The highest BCUT2D eigenvalue weighted by Gasteiger charge is 2.42. The molecule has 1 aliphatic heterocycles. The Labute approximate surface area is 207 Å². The van der Waals surface area contributed by atoms with E-state index in [2.05, 4.69) is 10.2 Å². The number of benzene rings is 3. The van der Waals surface area contributed by atoms with Gasteiger partial charge in [-0.2, -0.15) is 5.10 Å². The number of nitrogens with zero attached hydrogens (tertiary/aromatic N) is 2. The molecule has 0 bridgehead atoms. The average Bonchev–Trinajstić information content (AvgIpc) is 3.41. The smallest absolute Gasteiger partial charge is 0.273 e.